The molecular formula is C30H32FN5OS. The lowest BCUT2D eigenvalue weighted by Crippen LogP contribution is -2.49. The maximum atomic E-state index is 14.1. The van der Waals surface area contributed by atoms with Crippen molar-refractivity contribution < 1.29 is 9.18 Å². The van der Waals surface area contributed by atoms with Crippen LogP contribution in [-0.4, -0.2) is 57.5 Å². The number of benzene rings is 3. The van der Waals surface area contributed by atoms with Crippen molar-refractivity contribution in [2.24, 2.45) is 0 Å². The number of aryl methyl sites for hydroxylation is 2. The van der Waals surface area contributed by atoms with Gasteiger partial charge in [-0.05, 0) is 44.0 Å². The highest BCUT2D eigenvalue weighted by Crippen LogP contribution is 2.30. The molecule has 6 nitrogen and oxygen atoms in total. The second-order valence-electron chi connectivity index (χ2n) is 9.57. The number of hydrogen-bond donors (Lipinski definition) is 0. The number of thioether (sulfide) groups is 1. The van der Waals surface area contributed by atoms with E-state index in [2.05, 4.69) is 65.0 Å². The second kappa shape index (κ2) is 11.8. The fourth-order valence-electron chi connectivity index (χ4n) is 4.73. The Morgan fingerprint density at radius 3 is 2.26 bits per heavy atom. The Morgan fingerprint density at radius 1 is 0.868 bits per heavy atom. The Labute approximate surface area is 227 Å². The molecule has 1 aromatic heterocycles. The van der Waals surface area contributed by atoms with Crippen molar-refractivity contribution in [2.45, 2.75) is 31.8 Å². The van der Waals surface area contributed by atoms with E-state index in [1.165, 1.54) is 11.6 Å². The summed E-state index contributed by atoms with van der Waals surface area (Å²) in [4.78, 5) is 16.8. The van der Waals surface area contributed by atoms with Gasteiger partial charge in [-0.1, -0.05) is 71.9 Å². The number of piperazine rings is 1. The molecule has 0 saturated carbocycles. The summed E-state index contributed by atoms with van der Waals surface area (Å²) in [5.41, 5.74) is 5.02. The number of para-hydroxylation sites is 2. The third kappa shape index (κ3) is 5.75. The van der Waals surface area contributed by atoms with Crippen LogP contribution in [0.25, 0.3) is 17.1 Å². The molecule has 1 amide bonds. The highest BCUT2D eigenvalue weighted by Gasteiger charge is 2.23. The van der Waals surface area contributed by atoms with Crippen molar-refractivity contribution >= 4 is 23.4 Å². The quantitative estimate of drug-likeness (QED) is 0.210. The standard InChI is InChI=1S/C30H32FN5OS/c1-22-13-15-24(16-14-22)29-32-33-30(36(29)26-10-5-3-8-23(26)2)38-21-7-12-28(37)35-19-17-34(18-20-35)27-11-6-4-9-25(27)31/h3-6,8-11,13-16H,7,12,17-21H2,1-2H3. The zero-order valence-electron chi connectivity index (χ0n) is 21.8. The molecule has 1 aliphatic heterocycles. The Balaban J connectivity index is 1.20. The van der Waals surface area contributed by atoms with Crippen LogP contribution in [0.3, 0.4) is 0 Å². The smallest absolute Gasteiger partial charge is 0.222 e. The van der Waals surface area contributed by atoms with E-state index in [0.29, 0.717) is 38.3 Å². The lowest BCUT2D eigenvalue weighted by molar-refractivity contribution is -0.131. The number of carbonyl (C=O) groups is 1. The van der Waals surface area contributed by atoms with E-state index in [0.717, 1.165) is 40.0 Å². The van der Waals surface area contributed by atoms with Crippen molar-refractivity contribution in [2.75, 3.05) is 36.8 Å². The van der Waals surface area contributed by atoms with Gasteiger partial charge in [0.05, 0.1) is 11.4 Å². The summed E-state index contributed by atoms with van der Waals surface area (Å²) in [6.45, 7) is 6.67. The highest BCUT2D eigenvalue weighted by molar-refractivity contribution is 7.99. The number of halogens is 1. The molecule has 4 aromatic rings. The van der Waals surface area contributed by atoms with Crippen molar-refractivity contribution in [3.8, 4) is 17.1 Å². The Kier molecular flexibility index (Phi) is 8.08. The Hall–Kier alpha value is -3.65. The first-order valence-corrected chi connectivity index (χ1v) is 14.0. The third-order valence-corrected chi connectivity index (χ3v) is 7.91. The van der Waals surface area contributed by atoms with Gasteiger partial charge < -0.3 is 9.80 Å². The van der Waals surface area contributed by atoms with Gasteiger partial charge in [0.25, 0.3) is 0 Å². The normalized spacial score (nSPS) is 13.7. The molecule has 3 aromatic carbocycles. The van der Waals surface area contributed by atoms with Gasteiger partial charge in [-0.25, -0.2) is 4.39 Å². The summed E-state index contributed by atoms with van der Waals surface area (Å²) < 4.78 is 16.2. The fraction of sp³-hybridized carbons (Fsp3) is 0.300. The topological polar surface area (TPSA) is 54.3 Å². The van der Waals surface area contributed by atoms with E-state index < -0.39 is 0 Å². The summed E-state index contributed by atoms with van der Waals surface area (Å²) in [5, 5.41) is 9.89. The van der Waals surface area contributed by atoms with E-state index in [9.17, 15) is 9.18 Å². The number of carbonyl (C=O) groups excluding carboxylic acids is 1. The lowest BCUT2D eigenvalue weighted by atomic mass is 10.1. The number of aromatic nitrogens is 3. The Morgan fingerprint density at radius 2 is 1.55 bits per heavy atom. The molecule has 0 atom stereocenters. The van der Waals surface area contributed by atoms with E-state index in [4.69, 9.17) is 0 Å². The first kappa shape index (κ1) is 26.0. The molecule has 0 radical (unpaired) electrons. The fourth-order valence-corrected chi connectivity index (χ4v) is 5.62. The van der Waals surface area contributed by atoms with Crippen molar-refractivity contribution in [3.05, 3.63) is 89.7 Å². The molecule has 5 rings (SSSR count). The monoisotopic (exact) mass is 529 g/mol. The van der Waals surface area contributed by atoms with E-state index in [1.54, 1.807) is 23.9 Å². The van der Waals surface area contributed by atoms with Crippen molar-refractivity contribution in [1.82, 2.24) is 19.7 Å². The maximum Gasteiger partial charge on any atom is 0.222 e. The van der Waals surface area contributed by atoms with Gasteiger partial charge in [0.1, 0.15) is 5.82 Å². The number of nitrogens with zero attached hydrogens (tertiary/aromatic N) is 5. The van der Waals surface area contributed by atoms with Crippen LogP contribution in [0.4, 0.5) is 10.1 Å². The average molecular weight is 530 g/mol. The van der Waals surface area contributed by atoms with Gasteiger partial charge >= 0.3 is 0 Å². The summed E-state index contributed by atoms with van der Waals surface area (Å²) in [7, 11) is 0. The number of anilines is 1. The third-order valence-electron chi connectivity index (χ3n) is 6.89. The highest BCUT2D eigenvalue weighted by atomic mass is 32.2. The minimum atomic E-state index is -0.214. The van der Waals surface area contributed by atoms with Crippen LogP contribution in [0.5, 0.6) is 0 Å². The molecule has 0 unspecified atom stereocenters. The van der Waals surface area contributed by atoms with Crippen LogP contribution in [0.15, 0.2) is 78.0 Å². The van der Waals surface area contributed by atoms with Crippen LogP contribution < -0.4 is 4.90 Å². The molecule has 0 spiro atoms. The van der Waals surface area contributed by atoms with Gasteiger partial charge in [-0.3, -0.25) is 9.36 Å². The van der Waals surface area contributed by atoms with Gasteiger partial charge in [0, 0.05) is 43.9 Å². The van der Waals surface area contributed by atoms with Crippen LogP contribution in [0.2, 0.25) is 0 Å². The number of rotatable bonds is 8. The zero-order chi connectivity index (χ0) is 26.5. The first-order valence-electron chi connectivity index (χ1n) is 13.0. The molecule has 0 N–H and O–H groups in total. The predicted octanol–water partition coefficient (Wildman–Crippen LogP) is 5.91. The van der Waals surface area contributed by atoms with E-state index >= 15 is 0 Å². The molecule has 0 aliphatic carbocycles. The number of amides is 1. The molecule has 8 heteroatoms. The molecule has 1 aliphatic rings. The maximum absolute atomic E-state index is 14.1. The summed E-state index contributed by atoms with van der Waals surface area (Å²) in [5.74, 6) is 1.51. The van der Waals surface area contributed by atoms with Crippen LogP contribution in [0, 0.1) is 19.7 Å². The lowest BCUT2D eigenvalue weighted by Gasteiger charge is -2.36. The van der Waals surface area contributed by atoms with Crippen molar-refractivity contribution in [1.29, 1.82) is 0 Å². The molecule has 2 heterocycles. The van der Waals surface area contributed by atoms with Gasteiger partial charge in [-0.2, -0.15) is 0 Å². The van der Waals surface area contributed by atoms with Crippen LogP contribution >= 0.6 is 11.8 Å². The second-order valence-corrected chi connectivity index (χ2v) is 10.6. The minimum absolute atomic E-state index is 0.152. The number of hydrogen-bond acceptors (Lipinski definition) is 5. The van der Waals surface area contributed by atoms with Gasteiger partial charge in [-0.15, -0.1) is 10.2 Å². The summed E-state index contributed by atoms with van der Waals surface area (Å²) in [6.07, 6.45) is 1.23. The Bertz CT molecular complexity index is 1400. The largest absolute Gasteiger partial charge is 0.366 e. The van der Waals surface area contributed by atoms with E-state index in [1.807, 2.05) is 28.0 Å². The molecule has 196 valence electrons. The van der Waals surface area contributed by atoms with Crippen LogP contribution in [-0.2, 0) is 4.79 Å². The average Bonchev–Trinajstić information content (AvgIpc) is 3.35. The SMILES string of the molecule is Cc1ccc(-c2nnc(SCCCC(=O)N3CCN(c4ccccc4F)CC3)n2-c2ccccc2C)cc1. The predicted molar refractivity (Wildman–Crippen MR) is 151 cm³/mol. The van der Waals surface area contributed by atoms with Gasteiger partial charge in [0.15, 0.2) is 11.0 Å². The molecule has 38 heavy (non-hydrogen) atoms. The first-order chi connectivity index (χ1) is 18.5. The molecule has 1 fully saturated rings. The van der Waals surface area contributed by atoms with Crippen LogP contribution in [0.1, 0.15) is 24.0 Å². The molecule has 1 saturated heterocycles. The molecular weight excluding hydrogens is 497 g/mol. The summed E-state index contributed by atoms with van der Waals surface area (Å²) >= 11 is 1.63. The minimum Gasteiger partial charge on any atom is -0.366 e. The van der Waals surface area contributed by atoms with Gasteiger partial charge in [0.2, 0.25) is 5.91 Å². The molecule has 0 bridgehead atoms. The van der Waals surface area contributed by atoms with Crippen molar-refractivity contribution in [3.63, 3.8) is 0 Å². The summed E-state index contributed by atoms with van der Waals surface area (Å²) in [6, 6.07) is 23.4. The zero-order valence-corrected chi connectivity index (χ0v) is 22.6. The van der Waals surface area contributed by atoms with E-state index in [-0.39, 0.29) is 11.7 Å².